The van der Waals surface area contributed by atoms with E-state index in [1.165, 1.54) is 11.3 Å². The molecular weight excluding hydrogens is 434 g/mol. The maximum Gasteiger partial charge on any atom is 0.255 e. The third kappa shape index (κ3) is 4.06. The van der Waals surface area contributed by atoms with Crippen LogP contribution in [0.15, 0.2) is 87.6 Å². The number of carbonyl (C=O) groups is 1. The number of aromatic nitrogens is 2. The number of rotatable bonds is 5. The van der Waals surface area contributed by atoms with Gasteiger partial charge in [-0.2, -0.15) is 0 Å². The molecule has 0 fully saturated rings. The van der Waals surface area contributed by atoms with Crippen LogP contribution in [0.4, 0.5) is 0 Å². The highest BCUT2D eigenvalue weighted by Crippen LogP contribution is 2.27. The van der Waals surface area contributed by atoms with Crippen molar-refractivity contribution in [3.8, 4) is 22.6 Å². The first-order chi connectivity index (χ1) is 16.1. The highest BCUT2D eigenvalue weighted by molar-refractivity contribution is 7.09. The van der Waals surface area contributed by atoms with Crippen LogP contribution in [-0.2, 0) is 6.54 Å². The summed E-state index contributed by atoms with van der Waals surface area (Å²) in [5, 5.41) is 6.01. The number of hydrogen-bond donors (Lipinski definition) is 1. The summed E-state index contributed by atoms with van der Waals surface area (Å²) < 4.78 is 6.15. The van der Waals surface area contributed by atoms with Gasteiger partial charge >= 0.3 is 0 Å². The van der Waals surface area contributed by atoms with Crippen molar-refractivity contribution >= 4 is 28.2 Å². The quantitative estimate of drug-likeness (QED) is 0.395. The highest BCUT2D eigenvalue weighted by atomic mass is 32.1. The summed E-state index contributed by atoms with van der Waals surface area (Å²) in [4.78, 5) is 34.7. The van der Waals surface area contributed by atoms with Crippen LogP contribution in [0.5, 0.6) is 0 Å². The first-order valence-corrected chi connectivity index (χ1v) is 11.2. The Hall–Kier alpha value is -4.10. The van der Waals surface area contributed by atoms with E-state index < -0.39 is 0 Å². The summed E-state index contributed by atoms with van der Waals surface area (Å²) in [7, 11) is 0. The minimum absolute atomic E-state index is 0.147. The SMILES string of the molecule is Cc1c(-c2ccccc2)oc2c(C(=O)NCc3nc(-c4ccncc4)cs3)cccc2c1=O. The van der Waals surface area contributed by atoms with Gasteiger partial charge in [0.25, 0.3) is 5.91 Å². The van der Waals surface area contributed by atoms with Gasteiger partial charge in [0.2, 0.25) is 0 Å². The Morgan fingerprint density at radius 3 is 2.58 bits per heavy atom. The molecule has 3 heterocycles. The second-order valence-electron chi connectivity index (χ2n) is 7.48. The lowest BCUT2D eigenvalue weighted by atomic mass is 10.0. The number of amides is 1. The van der Waals surface area contributed by atoms with Gasteiger partial charge < -0.3 is 9.73 Å². The van der Waals surface area contributed by atoms with Gasteiger partial charge in [-0.15, -0.1) is 11.3 Å². The van der Waals surface area contributed by atoms with Gasteiger partial charge in [-0.25, -0.2) is 4.98 Å². The molecule has 0 bridgehead atoms. The van der Waals surface area contributed by atoms with Crippen molar-refractivity contribution in [2.45, 2.75) is 13.5 Å². The molecule has 0 saturated heterocycles. The van der Waals surface area contributed by atoms with E-state index in [9.17, 15) is 9.59 Å². The van der Waals surface area contributed by atoms with Crippen LogP contribution >= 0.6 is 11.3 Å². The number of carbonyl (C=O) groups excluding carboxylic acids is 1. The van der Waals surface area contributed by atoms with E-state index in [4.69, 9.17) is 4.42 Å². The average Bonchev–Trinajstić information content (AvgIpc) is 3.34. The molecule has 162 valence electrons. The number of fused-ring (bicyclic) bond motifs is 1. The Kier molecular flexibility index (Phi) is 5.54. The van der Waals surface area contributed by atoms with E-state index >= 15 is 0 Å². The molecule has 0 aliphatic rings. The molecule has 1 amide bonds. The molecule has 2 aromatic carbocycles. The second kappa shape index (κ2) is 8.80. The van der Waals surface area contributed by atoms with Gasteiger partial charge in [0, 0.05) is 34.5 Å². The lowest BCUT2D eigenvalue weighted by Crippen LogP contribution is -2.23. The van der Waals surface area contributed by atoms with Crippen LogP contribution in [-0.4, -0.2) is 15.9 Å². The monoisotopic (exact) mass is 453 g/mol. The molecule has 5 rings (SSSR count). The van der Waals surface area contributed by atoms with Gasteiger partial charge in [0.05, 0.1) is 23.2 Å². The highest BCUT2D eigenvalue weighted by Gasteiger charge is 2.18. The van der Waals surface area contributed by atoms with Gasteiger partial charge in [-0.3, -0.25) is 14.6 Å². The third-order valence-electron chi connectivity index (χ3n) is 5.35. The van der Waals surface area contributed by atoms with Crippen molar-refractivity contribution in [1.82, 2.24) is 15.3 Å². The van der Waals surface area contributed by atoms with E-state index in [1.807, 2.05) is 47.8 Å². The molecule has 0 saturated carbocycles. The number of para-hydroxylation sites is 1. The van der Waals surface area contributed by atoms with Crippen molar-refractivity contribution in [2.75, 3.05) is 0 Å². The molecule has 0 spiro atoms. The van der Waals surface area contributed by atoms with Crippen molar-refractivity contribution in [3.63, 3.8) is 0 Å². The summed E-state index contributed by atoms with van der Waals surface area (Å²) in [5.41, 5.74) is 3.55. The first-order valence-electron chi connectivity index (χ1n) is 10.4. The summed E-state index contributed by atoms with van der Waals surface area (Å²) >= 11 is 1.47. The van der Waals surface area contributed by atoms with Crippen molar-refractivity contribution in [2.24, 2.45) is 0 Å². The molecule has 0 radical (unpaired) electrons. The Morgan fingerprint density at radius 1 is 1.00 bits per heavy atom. The van der Waals surface area contributed by atoms with E-state index in [-0.39, 0.29) is 23.5 Å². The molecule has 33 heavy (non-hydrogen) atoms. The summed E-state index contributed by atoms with van der Waals surface area (Å²) in [6.45, 7) is 2.01. The second-order valence-corrected chi connectivity index (χ2v) is 8.42. The molecule has 0 aliphatic carbocycles. The van der Waals surface area contributed by atoms with Crippen molar-refractivity contribution in [3.05, 3.63) is 105 Å². The Morgan fingerprint density at radius 2 is 1.79 bits per heavy atom. The number of thiazole rings is 1. The standard InChI is InChI=1S/C26H19N3O3S/c1-16-23(30)19-8-5-9-20(25(19)32-24(16)18-6-3-2-4-7-18)26(31)28-14-22-29-21(15-33-22)17-10-12-27-13-11-17/h2-13,15H,14H2,1H3,(H,28,31). The van der Waals surface area contributed by atoms with Crippen LogP contribution < -0.4 is 10.7 Å². The van der Waals surface area contributed by atoms with E-state index in [0.29, 0.717) is 22.3 Å². The number of pyridine rings is 1. The number of nitrogens with zero attached hydrogens (tertiary/aromatic N) is 2. The molecular formula is C26H19N3O3S. The fourth-order valence-corrected chi connectivity index (χ4v) is 4.39. The van der Waals surface area contributed by atoms with Crippen LogP contribution in [0.25, 0.3) is 33.6 Å². The topological polar surface area (TPSA) is 85.1 Å². The predicted molar refractivity (Wildman–Crippen MR) is 129 cm³/mol. The molecule has 0 unspecified atom stereocenters. The third-order valence-corrected chi connectivity index (χ3v) is 6.20. The lowest BCUT2D eigenvalue weighted by molar-refractivity contribution is 0.0951. The number of hydrogen-bond acceptors (Lipinski definition) is 6. The number of benzene rings is 2. The lowest BCUT2D eigenvalue weighted by Gasteiger charge is -2.10. The zero-order chi connectivity index (χ0) is 22.8. The van der Waals surface area contributed by atoms with Crippen LogP contribution in [0.1, 0.15) is 20.9 Å². The maximum absolute atomic E-state index is 13.0. The smallest absolute Gasteiger partial charge is 0.255 e. The average molecular weight is 454 g/mol. The molecule has 0 atom stereocenters. The van der Waals surface area contributed by atoms with Crippen molar-refractivity contribution in [1.29, 1.82) is 0 Å². The molecule has 7 heteroatoms. The zero-order valence-corrected chi connectivity index (χ0v) is 18.6. The Bertz CT molecular complexity index is 1510. The minimum Gasteiger partial charge on any atom is -0.455 e. The van der Waals surface area contributed by atoms with Crippen LogP contribution in [0.2, 0.25) is 0 Å². The molecule has 1 N–H and O–H groups in total. The molecule has 6 nitrogen and oxygen atoms in total. The largest absolute Gasteiger partial charge is 0.455 e. The predicted octanol–water partition coefficient (Wildman–Crippen LogP) is 5.22. The van der Waals surface area contributed by atoms with Crippen LogP contribution in [0.3, 0.4) is 0 Å². The van der Waals surface area contributed by atoms with E-state index in [0.717, 1.165) is 21.8 Å². The molecule has 3 aromatic heterocycles. The summed E-state index contributed by atoms with van der Waals surface area (Å²) in [6, 6.07) is 18.2. The molecule has 5 aromatic rings. The Labute approximate surface area is 193 Å². The minimum atomic E-state index is -0.327. The maximum atomic E-state index is 13.0. The first kappa shape index (κ1) is 20.8. The van der Waals surface area contributed by atoms with E-state index in [2.05, 4.69) is 15.3 Å². The normalized spacial score (nSPS) is 10.9. The number of nitrogens with one attached hydrogen (secondary N) is 1. The van der Waals surface area contributed by atoms with Crippen LogP contribution in [0, 0.1) is 6.92 Å². The van der Waals surface area contributed by atoms with Gasteiger partial charge in [-0.05, 0) is 31.2 Å². The van der Waals surface area contributed by atoms with Gasteiger partial charge in [-0.1, -0.05) is 36.4 Å². The molecule has 0 aliphatic heterocycles. The van der Waals surface area contributed by atoms with Gasteiger partial charge in [0.15, 0.2) is 11.0 Å². The fourth-order valence-electron chi connectivity index (χ4n) is 3.65. The zero-order valence-electron chi connectivity index (χ0n) is 17.7. The van der Waals surface area contributed by atoms with E-state index in [1.54, 1.807) is 37.5 Å². The summed E-state index contributed by atoms with van der Waals surface area (Å²) in [5.74, 6) is 0.141. The summed E-state index contributed by atoms with van der Waals surface area (Å²) in [6.07, 6.45) is 3.44. The fraction of sp³-hybridized carbons (Fsp3) is 0.0769. The van der Waals surface area contributed by atoms with Crippen molar-refractivity contribution < 1.29 is 9.21 Å². The Balaban J connectivity index is 1.45. The van der Waals surface area contributed by atoms with Gasteiger partial charge in [0.1, 0.15) is 10.8 Å².